The molecule has 0 saturated heterocycles. The van der Waals surface area contributed by atoms with Crippen molar-refractivity contribution in [3.05, 3.63) is 99.3 Å². The molecule has 186 valence electrons. The Balaban J connectivity index is 1.34. The lowest BCUT2D eigenvalue weighted by Gasteiger charge is -2.10. The summed E-state index contributed by atoms with van der Waals surface area (Å²) >= 11 is 6.26. The fourth-order valence-electron chi connectivity index (χ4n) is 3.37. The summed E-state index contributed by atoms with van der Waals surface area (Å²) in [6, 6.07) is 12.6. The molecule has 0 atom stereocenters. The summed E-state index contributed by atoms with van der Waals surface area (Å²) in [7, 11) is 1.46. The molecule has 2 heterocycles. The molecule has 0 unspecified atom stereocenters. The predicted octanol–water partition coefficient (Wildman–Crippen LogP) is 5.05. The van der Waals surface area contributed by atoms with E-state index in [0.717, 1.165) is 23.3 Å². The first-order valence-corrected chi connectivity index (χ1v) is 11.1. The van der Waals surface area contributed by atoms with E-state index in [-0.39, 0.29) is 30.1 Å². The van der Waals surface area contributed by atoms with Gasteiger partial charge in [-0.05, 0) is 28.8 Å². The van der Waals surface area contributed by atoms with Gasteiger partial charge in [0, 0.05) is 30.6 Å². The number of aromatic nitrogens is 4. The summed E-state index contributed by atoms with van der Waals surface area (Å²) in [5.41, 5.74) is 1.87. The first-order chi connectivity index (χ1) is 17.2. The maximum absolute atomic E-state index is 12.7. The molecule has 0 radical (unpaired) electrons. The molecule has 0 N–H and O–H groups in total. The van der Waals surface area contributed by atoms with Crippen LogP contribution in [0.2, 0.25) is 5.02 Å². The second-order valence-electron chi connectivity index (χ2n) is 7.75. The van der Waals surface area contributed by atoms with E-state index in [2.05, 4.69) is 15.0 Å². The van der Waals surface area contributed by atoms with Crippen LogP contribution in [0.15, 0.2) is 71.9 Å². The van der Waals surface area contributed by atoms with Gasteiger partial charge >= 0.3 is 17.9 Å². The Morgan fingerprint density at radius 2 is 1.56 bits per heavy atom. The van der Waals surface area contributed by atoms with Crippen molar-refractivity contribution in [1.82, 2.24) is 19.5 Å². The van der Waals surface area contributed by atoms with E-state index < -0.39 is 17.4 Å². The zero-order valence-electron chi connectivity index (χ0n) is 19.0. The summed E-state index contributed by atoms with van der Waals surface area (Å²) in [6.45, 7) is 0.406. The standard InChI is InChI=1S/C25H20ClF3N4O3/c1-35-23-30-12-17(13-31-23)14-33-15-21(26)22(32-24(33)34)36-11-10-16-2-4-18(5-3-16)19-6-8-20(9-7-19)25(27,28)29/h2-9,12-13,15H,10-11,14H2,1H3. The molecule has 2 aromatic carbocycles. The third kappa shape index (κ3) is 6.19. The van der Waals surface area contributed by atoms with Crippen molar-refractivity contribution < 1.29 is 22.6 Å². The lowest BCUT2D eigenvalue weighted by Crippen LogP contribution is -2.24. The van der Waals surface area contributed by atoms with Gasteiger partial charge in [0.1, 0.15) is 5.02 Å². The molecule has 0 spiro atoms. The zero-order chi connectivity index (χ0) is 25.7. The molecular weight excluding hydrogens is 497 g/mol. The van der Waals surface area contributed by atoms with Gasteiger partial charge in [0.25, 0.3) is 0 Å². The normalized spacial score (nSPS) is 11.4. The Labute approximate surface area is 209 Å². The van der Waals surface area contributed by atoms with Crippen molar-refractivity contribution in [1.29, 1.82) is 0 Å². The number of hydrogen-bond acceptors (Lipinski definition) is 6. The number of benzene rings is 2. The molecule has 0 bridgehead atoms. The highest BCUT2D eigenvalue weighted by molar-refractivity contribution is 6.31. The van der Waals surface area contributed by atoms with Crippen LogP contribution in [0.4, 0.5) is 13.2 Å². The summed E-state index contributed by atoms with van der Waals surface area (Å²) in [4.78, 5) is 24.3. The molecule has 36 heavy (non-hydrogen) atoms. The predicted molar refractivity (Wildman–Crippen MR) is 127 cm³/mol. The third-order valence-electron chi connectivity index (χ3n) is 5.26. The number of ether oxygens (including phenoxy) is 2. The van der Waals surface area contributed by atoms with Crippen molar-refractivity contribution >= 4 is 11.6 Å². The topological polar surface area (TPSA) is 79.1 Å². The molecular formula is C25H20ClF3N4O3. The van der Waals surface area contributed by atoms with Crippen LogP contribution in [0.1, 0.15) is 16.7 Å². The third-order valence-corrected chi connectivity index (χ3v) is 5.52. The van der Waals surface area contributed by atoms with Crippen molar-refractivity contribution in [2.75, 3.05) is 13.7 Å². The van der Waals surface area contributed by atoms with Crippen LogP contribution in [0.25, 0.3) is 11.1 Å². The average Bonchev–Trinajstić information content (AvgIpc) is 2.87. The number of methoxy groups -OCH3 is 1. The van der Waals surface area contributed by atoms with E-state index in [1.165, 1.54) is 30.0 Å². The number of halogens is 4. The van der Waals surface area contributed by atoms with E-state index in [0.29, 0.717) is 17.5 Å². The van der Waals surface area contributed by atoms with Crippen LogP contribution in [0, 0.1) is 0 Å². The average molecular weight is 517 g/mol. The monoisotopic (exact) mass is 516 g/mol. The molecule has 0 fully saturated rings. The summed E-state index contributed by atoms with van der Waals surface area (Å²) < 4.78 is 50.1. The molecule has 4 aromatic rings. The Hall–Kier alpha value is -3.92. The Morgan fingerprint density at radius 1 is 0.944 bits per heavy atom. The van der Waals surface area contributed by atoms with Gasteiger partial charge in [-0.25, -0.2) is 14.8 Å². The Kier molecular flexibility index (Phi) is 7.54. The van der Waals surface area contributed by atoms with Gasteiger partial charge in [0.05, 0.1) is 25.8 Å². The van der Waals surface area contributed by atoms with Crippen LogP contribution in [-0.4, -0.2) is 33.2 Å². The summed E-state index contributed by atoms with van der Waals surface area (Å²) in [6.07, 6.45) is 0.670. The van der Waals surface area contributed by atoms with Gasteiger partial charge in [0.15, 0.2) is 0 Å². The molecule has 0 aliphatic carbocycles. The largest absolute Gasteiger partial charge is 0.476 e. The number of alkyl halides is 3. The zero-order valence-corrected chi connectivity index (χ0v) is 19.8. The Morgan fingerprint density at radius 3 is 2.14 bits per heavy atom. The SMILES string of the molecule is COc1ncc(Cn2cc(Cl)c(OCCc3ccc(-c4ccc(C(F)(F)F)cc4)cc3)nc2=O)cn1. The minimum absolute atomic E-state index is 0.0327. The van der Waals surface area contributed by atoms with Gasteiger partial charge in [0.2, 0.25) is 5.88 Å². The quantitative estimate of drug-likeness (QED) is 0.326. The second kappa shape index (κ2) is 10.8. The van der Waals surface area contributed by atoms with E-state index in [9.17, 15) is 18.0 Å². The smallest absolute Gasteiger partial charge is 0.416 e. The fourth-order valence-corrected chi connectivity index (χ4v) is 3.59. The van der Waals surface area contributed by atoms with E-state index in [4.69, 9.17) is 21.1 Å². The molecule has 0 saturated carbocycles. The molecule has 0 aliphatic rings. The lowest BCUT2D eigenvalue weighted by molar-refractivity contribution is -0.137. The highest BCUT2D eigenvalue weighted by atomic mass is 35.5. The van der Waals surface area contributed by atoms with Crippen LogP contribution >= 0.6 is 11.6 Å². The maximum atomic E-state index is 12.7. The van der Waals surface area contributed by atoms with Crippen molar-refractivity contribution in [3.8, 4) is 23.0 Å². The van der Waals surface area contributed by atoms with Crippen molar-refractivity contribution in [2.24, 2.45) is 0 Å². The fraction of sp³-hybridized carbons (Fsp3) is 0.200. The molecule has 2 aromatic heterocycles. The summed E-state index contributed by atoms with van der Waals surface area (Å²) in [5, 5.41) is 0.182. The van der Waals surface area contributed by atoms with E-state index in [1.807, 2.05) is 24.3 Å². The molecule has 0 aliphatic heterocycles. The minimum Gasteiger partial charge on any atom is -0.476 e. The van der Waals surface area contributed by atoms with Crippen LogP contribution in [-0.2, 0) is 19.1 Å². The molecule has 7 nitrogen and oxygen atoms in total. The van der Waals surface area contributed by atoms with Crippen molar-refractivity contribution in [3.63, 3.8) is 0 Å². The first-order valence-electron chi connectivity index (χ1n) is 10.7. The molecule has 0 amide bonds. The van der Waals surface area contributed by atoms with Gasteiger partial charge in [-0.2, -0.15) is 18.2 Å². The highest BCUT2D eigenvalue weighted by Gasteiger charge is 2.29. The van der Waals surface area contributed by atoms with E-state index in [1.54, 1.807) is 12.4 Å². The first kappa shape index (κ1) is 25.2. The molecule has 4 rings (SSSR count). The van der Waals surface area contributed by atoms with Crippen molar-refractivity contribution in [2.45, 2.75) is 19.1 Å². The van der Waals surface area contributed by atoms with E-state index >= 15 is 0 Å². The highest BCUT2D eigenvalue weighted by Crippen LogP contribution is 2.31. The van der Waals surface area contributed by atoms with Gasteiger partial charge in [-0.3, -0.25) is 4.57 Å². The van der Waals surface area contributed by atoms with Crippen LogP contribution in [0.3, 0.4) is 0 Å². The van der Waals surface area contributed by atoms with Gasteiger partial charge in [-0.1, -0.05) is 48.0 Å². The second-order valence-corrected chi connectivity index (χ2v) is 8.16. The van der Waals surface area contributed by atoms with Gasteiger partial charge < -0.3 is 9.47 Å². The number of hydrogen-bond donors (Lipinski definition) is 0. The minimum atomic E-state index is -4.36. The van der Waals surface area contributed by atoms with Crippen LogP contribution < -0.4 is 15.2 Å². The number of rotatable bonds is 8. The Bertz CT molecular complexity index is 1370. The van der Waals surface area contributed by atoms with Crippen LogP contribution in [0.5, 0.6) is 11.9 Å². The molecule has 11 heteroatoms. The summed E-state index contributed by atoms with van der Waals surface area (Å²) in [5.74, 6) is 0.0327. The maximum Gasteiger partial charge on any atom is 0.416 e. The number of nitrogens with zero attached hydrogens (tertiary/aromatic N) is 4. The van der Waals surface area contributed by atoms with Gasteiger partial charge in [-0.15, -0.1) is 0 Å². The lowest BCUT2D eigenvalue weighted by atomic mass is 10.0.